The molecule has 2 nitrogen and oxygen atoms in total. The number of nitrogens with zero attached hydrogens (tertiary/aromatic N) is 2. The smallest absolute Gasteiger partial charge is 0.132 e. The maximum atomic E-state index is 14.0. The minimum Gasteiger partial charge on any atom is -0.258 e. The van der Waals surface area contributed by atoms with Gasteiger partial charge in [-0.2, -0.15) is 5.10 Å². The third kappa shape index (κ3) is 2.18. The van der Waals surface area contributed by atoms with Crippen LogP contribution in [0.4, 0.5) is 4.39 Å². The molecule has 2 aromatic rings. The fourth-order valence-corrected chi connectivity index (χ4v) is 3.76. The van der Waals surface area contributed by atoms with Crippen molar-refractivity contribution in [1.29, 1.82) is 0 Å². The Hall–Kier alpha value is -1.29. The lowest BCUT2D eigenvalue weighted by Gasteiger charge is -2.15. The van der Waals surface area contributed by atoms with Crippen LogP contribution in [0.5, 0.6) is 0 Å². The molecule has 1 aliphatic heterocycles. The summed E-state index contributed by atoms with van der Waals surface area (Å²) in [7, 11) is 0. The van der Waals surface area contributed by atoms with Gasteiger partial charge >= 0.3 is 0 Å². The summed E-state index contributed by atoms with van der Waals surface area (Å²) < 4.78 is 16.1. The molecule has 19 heavy (non-hydrogen) atoms. The number of halogens is 1. The van der Waals surface area contributed by atoms with Gasteiger partial charge in [0.25, 0.3) is 0 Å². The molecule has 0 atom stereocenters. The van der Waals surface area contributed by atoms with E-state index in [9.17, 15) is 4.39 Å². The Labute approximate surface area is 117 Å². The Morgan fingerprint density at radius 2 is 2.11 bits per heavy atom. The van der Waals surface area contributed by atoms with Crippen LogP contribution in [-0.2, 0) is 6.54 Å². The second-order valence-corrected chi connectivity index (χ2v) is 6.21. The topological polar surface area (TPSA) is 17.8 Å². The first-order chi connectivity index (χ1) is 9.18. The average Bonchev–Trinajstić information content (AvgIpc) is 2.78. The van der Waals surface area contributed by atoms with Gasteiger partial charge in [0.15, 0.2) is 0 Å². The quantitative estimate of drug-likeness (QED) is 0.813. The van der Waals surface area contributed by atoms with Gasteiger partial charge in [-0.3, -0.25) is 4.68 Å². The average molecular weight is 276 g/mol. The van der Waals surface area contributed by atoms with Crippen molar-refractivity contribution >= 4 is 11.8 Å². The Morgan fingerprint density at radius 3 is 2.84 bits per heavy atom. The predicted octanol–water partition coefficient (Wildman–Crippen LogP) is 4.31. The maximum Gasteiger partial charge on any atom is 0.132 e. The molecule has 3 rings (SSSR count). The molecule has 0 saturated heterocycles. The van der Waals surface area contributed by atoms with E-state index in [1.165, 1.54) is 16.7 Å². The molecule has 0 amide bonds. The standard InChI is InChI=1S/C15H17FN2S/c1-10(2)13-14(11-6-3-4-7-12(11)16)17-18-8-5-9-19-15(13)18/h3-4,6-7,10H,5,8-9H2,1-2H3. The van der Waals surface area contributed by atoms with Crippen molar-refractivity contribution in [3.05, 3.63) is 35.6 Å². The molecule has 1 aromatic heterocycles. The van der Waals surface area contributed by atoms with E-state index in [1.54, 1.807) is 6.07 Å². The molecular weight excluding hydrogens is 259 g/mol. The van der Waals surface area contributed by atoms with Gasteiger partial charge in [0.2, 0.25) is 0 Å². The highest BCUT2D eigenvalue weighted by Crippen LogP contribution is 2.39. The van der Waals surface area contributed by atoms with Crippen molar-refractivity contribution in [2.45, 2.75) is 37.8 Å². The SMILES string of the molecule is CC(C)c1c(-c2ccccc2F)nn2c1SCCC2. The van der Waals surface area contributed by atoms with E-state index in [1.807, 2.05) is 28.6 Å². The van der Waals surface area contributed by atoms with E-state index >= 15 is 0 Å². The summed E-state index contributed by atoms with van der Waals surface area (Å²) in [6.45, 7) is 5.24. The van der Waals surface area contributed by atoms with E-state index in [-0.39, 0.29) is 5.82 Å². The van der Waals surface area contributed by atoms with Crippen molar-refractivity contribution in [1.82, 2.24) is 9.78 Å². The molecule has 1 aromatic carbocycles. The van der Waals surface area contributed by atoms with Crippen LogP contribution in [0.15, 0.2) is 29.3 Å². The molecule has 0 spiro atoms. The second kappa shape index (κ2) is 5.00. The third-order valence-corrected chi connectivity index (χ3v) is 4.60. The highest BCUT2D eigenvalue weighted by atomic mass is 32.2. The Bertz CT molecular complexity index is 604. The molecule has 2 heterocycles. The van der Waals surface area contributed by atoms with Gasteiger partial charge in [0.1, 0.15) is 5.82 Å². The second-order valence-electron chi connectivity index (χ2n) is 5.13. The number of benzene rings is 1. The van der Waals surface area contributed by atoms with Gasteiger partial charge in [-0.05, 0) is 24.5 Å². The summed E-state index contributed by atoms with van der Waals surface area (Å²) in [5.41, 5.74) is 2.63. The fourth-order valence-electron chi connectivity index (χ4n) is 2.52. The third-order valence-electron chi connectivity index (χ3n) is 3.40. The molecule has 0 bridgehead atoms. The van der Waals surface area contributed by atoms with E-state index in [0.29, 0.717) is 11.5 Å². The van der Waals surface area contributed by atoms with Crippen molar-refractivity contribution in [3.63, 3.8) is 0 Å². The summed E-state index contributed by atoms with van der Waals surface area (Å²) in [4.78, 5) is 0. The van der Waals surface area contributed by atoms with Gasteiger partial charge in [-0.15, -0.1) is 11.8 Å². The summed E-state index contributed by atoms with van der Waals surface area (Å²) in [5.74, 6) is 1.29. The number of rotatable bonds is 2. The van der Waals surface area contributed by atoms with Crippen molar-refractivity contribution in [3.8, 4) is 11.3 Å². The number of hydrogen-bond acceptors (Lipinski definition) is 2. The molecule has 1 aliphatic rings. The summed E-state index contributed by atoms with van der Waals surface area (Å²) in [5, 5.41) is 5.88. The molecular formula is C15H17FN2S. The van der Waals surface area contributed by atoms with Crippen LogP contribution in [0.1, 0.15) is 31.7 Å². The van der Waals surface area contributed by atoms with Gasteiger partial charge in [0.05, 0.1) is 10.7 Å². The largest absolute Gasteiger partial charge is 0.258 e. The first-order valence-electron chi connectivity index (χ1n) is 6.67. The van der Waals surface area contributed by atoms with Crippen LogP contribution < -0.4 is 0 Å². The number of thioether (sulfide) groups is 1. The fraction of sp³-hybridized carbons (Fsp3) is 0.400. The van der Waals surface area contributed by atoms with Crippen LogP contribution in [0, 0.1) is 5.82 Å². The summed E-state index contributed by atoms with van der Waals surface area (Å²) >= 11 is 1.84. The minimum absolute atomic E-state index is 0.190. The van der Waals surface area contributed by atoms with Gasteiger partial charge in [-0.25, -0.2) is 4.39 Å². The predicted molar refractivity (Wildman–Crippen MR) is 77.1 cm³/mol. The highest BCUT2D eigenvalue weighted by molar-refractivity contribution is 7.99. The molecule has 4 heteroatoms. The molecule has 0 unspecified atom stereocenters. The van der Waals surface area contributed by atoms with E-state index in [0.717, 1.165) is 24.4 Å². The van der Waals surface area contributed by atoms with E-state index < -0.39 is 0 Å². The highest BCUT2D eigenvalue weighted by Gasteiger charge is 2.24. The lowest BCUT2D eigenvalue weighted by Crippen LogP contribution is -2.08. The zero-order chi connectivity index (χ0) is 13.4. The summed E-state index contributed by atoms with van der Waals surface area (Å²) in [6, 6.07) is 6.91. The van der Waals surface area contributed by atoms with Crippen LogP contribution >= 0.6 is 11.8 Å². The Kier molecular flexibility index (Phi) is 3.35. The zero-order valence-electron chi connectivity index (χ0n) is 11.2. The van der Waals surface area contributed by atoms with Crippen LogP contribution in [-0.4, -0.2) is 15.5 Å². The minimum atomic E-state index is -0.190. The van der Waals surface area contributed by atoms with Crippen molar-refractivity contribution in [2.75, 3.05) is 5.75 Å². The Balaban J connectivity index is 2.21. The van der Waals surface area contributed by atoms with Gasteiger partial charge < -0.3 is 0 Å². The van der Waals surface area contributed by atoms with E-state index in [4.69, 9.17) is 0 Å². The van der Waals surface area contributed by atoms with Crippen molar-refractivity contribution < 1.29 is 4.39 Å². The summed E-state index contributed by atoms with van der Waals surface area (Å²) in [6.07, 6.45) is 1.13. The van der Waals surface area contributed by atoms with Gasteiger partial charge in [0, 0.05) is 23.4 Å². The van der Waals surface area contributed by atoms with Crippen molar-refractivity contribution in [2.24, 2.45) is 0 Å². The zero-order valence-corrected chi connectivity index (χ0v) is 12.0. The first kappa shape index (κ1) is 12.7. The normalized spacial score (nSPS) is 14.7. The first-order valence-corrected chi connectivity index (χ1v) is 7.65. The van der Waals surface area contributed by atoms with Crippen LogP contribution in [0.25, 0.3) is 11.3 Å². The monoisotopic (exact) mass is 276 g/mol. The lowest BCUT2D eigenvalue weighted by molar-refractivity contribution is 0.544. The Morgan fingerprint density at radius 1 is 1.32 bits per heavy atom. The lowest BCUT2D eigenvalue weighted by atomic mass is 9.99. The van der Waals surface area contributed by atoms with Gasteiger partial charge in [-0.1, -0.05) is 26.0 Å². The molecule has 0 aliphatic carbocycles. The van der Waals surface area contributed by atoms with Crippen LogP contribution in [0.2, 0.25) is 0 Å². The molecule has 0 saturated carbocycles. The van der Waals surface area contributed by atoms with E-state index in [2.05, 4.69) is 18.9 Å². The molecule has 0 N–H and O–H groups in total. The molecule has 0 fully saturated rings. The number of aromatic nitrogens is 2. The maximum absolute atomic E-state index is 14.0. The number of aryl methyl sites for hydroxylation is 1. The number of fused-ring (bicyclic) bond motifs is 1. The number of hydrogen-bond donors (Lipinski definition) is 0. The molecule has 100 valence electrons. The molecule has 0 radical (unpaired) electrons. The van der Waals surface area contributed by atoms with Crippen LogP contribution in [0.3, 0.4) is 0 Å².